The number of nitrogens with zero attached hydrogens (tertiary/aromatic N) is 2. The maximum atomic E-state index is 12.9. The number of hydrogen-bond acceptors (Lipinski definition) is 4. The molecule has 2 aliphatic carbocycles. The van der Waals surface area contributed by atoms with Gasteiger partial charge in [0.25, 0.3) is 0 Å². The second-order valence-electron chi connectivity index (χ2n) is 11.0. The Morgan fingerprint density at radius 3 is 2.90 bits per heavy atom. The Morgan fingerprint density at radius 1 is 1.29 bits per heavy atom. The molecule has 2 saturated heterocycles. The summed E-state index contributed by atoms with van der Waals surface area (Å²) in [4.78, 5) is 17.9. The Bertz CT molecular complexity index is 867. The van der Waals surface area contributed by atoms with Crippen molar-refractivity contribution in [3.8, 4) is 0 Å². The van der Waals surface area contributed by atoms with Crippen molar-refractivity contribution in [3.05, 3.63) is 42.0 Å². The predicted molar refractivity (Wildman–Crippen MR) is 125 cm³/mol. The van der Waals surface area contributed by atoms with Crippen molar-refractivity contribution in [2.45, 2.75) is 65.0 Å². The van der Waals surface area contributed by atoms with Crippen LogP contribution in [0.2, 0.25) is 0 Å². The Hall–Kier alpha value is -1.81. The molecule has 31 heavy (non-hydrogen) atoms. The fourth-order valence-corrected chi connectivity index (χ4v) is 7.13. The van der Waals surface area contributed by atoms with Crippen molar-refractivity contribution in [1.29, 1.82) is 0 Å². The molecular formula is C27H38N2O2. The first-order valence-electron chi connectivity index (χ1n) is 12.3. The van der Waals surface area contributed by atoms with Gasteiger partial charge in [-0.15, -0.1) is 0 Å². The number of anilines is 1. The second-order valence-corrected chi connectivity index (χ2v) is 11.0. The summed E-state index contributed by atoms with van der Waals surface area (Å²) in [5, 5.41) is 0. The molecule has 0 amide bonds. The highest BCUT2D eigenvalue weighted by atomic mass is 16.6. The molecule has 0 unspecified atom stereocenters. The molecule has 6 atom stereocenters. The van der Waals surface area contributed by atoms with Crippen molar-refractivity contribution in [2.24, 2.45) is 23.2 Å². The van der Waals surface area contributed by atoms with Crippen molar-refractivity contribution >= 4 is 11.7 Å². The van der Waals surface area contributed by atoms with E-state index >= 15 is 0 Å². The summed E-state index contributed by atoms with van der Waals surface area (Å²) in [5.74, 6) is 1.01. The van der Waals surface area contributed by atoms with Crippen LogP contribution in [0.3, 0.4) is 0 Å². The van der Waals surface area contributed by atoms with E-state index in [2.05, 4.69) is 61.4 Å². The highest BCUT2D eigenvalue weighted by Crippen LogP contribution is 2.57. The number of fused-ring (bicyclic) bond motifs is 2. The number of hydrogen-bond donors (Lipinski definition) is 0. The van der Waals surface area contributed by atoms with Gasteiger partial charge in [-0.1, -0.05) is 31.2 Å². The molecule has 1 aromatic rings. The van der Waals surface area contributed by atoms with Gasteiger partial charge in [0.15, 0.2) is 0 Å². The van der Waals surface area contributed by atoms with Gasteiger partial charge in [-0.3, -0.25) is 9.69 Å². The number of piperazine rings is 1. The van der Waals surface area contributed by atoms with Crippen LogP contribution in [0.4, 0.5) is 5.69 Å². The van der Waals surface area contributed by atoms with Crippen LogP contribution in [-0.4, -0.2) is 49.2 Å². The quantitative estimate of drug-likeness (QED) is 0.516. The van der Waals surface area contributed by atoms with Crippen LogP contribution in [0.25, 0.3) is 0 Å². The first-order valence-corrected chi connectivity index (χ1v) is 12.3. The Balaban J connectivity index is 1.25. The van der Waals surface area contributed by atoms with Crippen LogP contribution < -0.4 is 4.90 Å². The minimum absolute atomic E-state index is 0.0296. The van der Waals surface area contributed by atoms with Crippen molar-refractivity contribution in [2.75, 3.05) is 31.1 Å². The molecule has 0 N–H and O–H groups in total. The largest absolute Gasteiger partial charge is 0.462 e. The first kappa shape index (κ1) is 21.1. The normalized spacial score (nSPS) is 38.5. The third-order valence-corrected chi connectivity index (χ3v) is 8.82. The molecule has 0 spiro atoms. The van der Waals surface area contributed by atoms with Crippen LogP contribution in [0.5, 0.6) is 0 Å². The number of ether oxygens (including phenoxy) is 1. The first-order chi connectivity index (χ1) is 14.8. The van der Waals surface area contributed by atoms with E-state index in [9.17, 15) is 4.79 Å². The van der Waals surface area contributed by atoms with E-state index in [1.54, 1.807) is 0 Å². The zero-order chi connectivity index (χ0) is 21.8. The summed E-state index contributed by atoms with van der Waals surface area (Å²) in [6.45, 7) is 15.2. The number of esters is 1. The number of rotatable bonds is 3. The lowest BCUT2D eigenvalue weighted by atomic mass is 9.55. The fourth-order valence-electron chi connectivity index (χ4n) is 7.13. The van der Waals surface area contributed by atoms with E-state index in [1.807, 2.05) is 0 Å². The monoisotopic (exact) mass is 422 g/mol. The van der Waals surface area contributed by atoms with Crippen molar-refractivity contribution < 1.29 is 9.53 Å². The molecule has 1 aromatic carbocycles. The molecule has 168 valence electrons. The third-order valence-electron chi connectivity index (χ3n) is 8.82. The van der Waals surface area contributed by atoms with E-state index in [0.29, 0.717) is 17.9 Å². The van der Waals surface area contributed by atoms with Crippen molar-refractivity contribution in [1.82, 2.24) is 4.90 Å². The maximum absolute atomic E-state index is 12.9. The summed E-state index contributed by atoms with van der Waals surface area (Å²) in [6, 6.07) is 9.24. The lowest BCUT2D eigenvalue weighted by Gasteiger charge is -2.50. The molecule has 0 radical (unpaired) electrons. The van der Waals surface area contributed by atoms with Gasteiger partial charge in [0.05, 0.1) is 5.92 Å². The summed E-state index contributed by atoms with van der Waals surface area (Å²) in [7, 11) is 0. The van der Waals surface area contributed by atoms with Crippen LogP contribution in [0.15, 0.2) is 36.4 Å². The minimum Gasteiger partial charge on any atom is -0.462 e. The lowest BCUT2D eigenvalue weighted by molar-refractivity contribution is -0.146. The van der Waals surface area contributed by atoms with E-state index in [4.69, 9.17) is 4.74 Å². The van der Waals surface area contributed by atoms with E-state index in [0.717, 1.165) is 45.4 Å². The van der Waals surface area contributed by atoms with E-state index < -0.39 is 0 Å². The molecule has 4 nitrogen and oxygen atoms in total. The molecule has 4 aliphatic rings. The highest BCUT2D eigenvalue weighted by Gasteiger charge is 2.55. The smallest absolute Gasteiger partial charge is 0.310 e. The maximum Gasteiger partial charge on any atom is 0.310 e. The molecule has 5 rings (SSSR count). The number of carbonyl (C=O) groups is 1. The molecule has 0 bridgehead atoms. The Kier molecular flexibility index (Phi) is 5.40. The summed E-state index contributed by atoms with van der Waals surface area (Å²) in [6.07, 6.45) is 5.89. The minimum atomic E-state index is 0.0296. The molecule has 2 heterocycles. The Morgan fingerprint density at radius 2 is 2.13 bits per heavy atom. The van der Waals surface area contributed by atoms with Crippen LogP contribution >= 0.6 is 0 Å². The Labute approximate surface area is 187 Å². The lowest BCUT2D eigenvalue weighted by Crippen LogP contribution is -2.54. The third kappa shape index (κ3) is 3.82. The van der Waals surface area contributed by atoms with Gasteiger partial charge in [0.2, 0.25) is 0 Å². The number of allylic oxidation sites excluding steroid dienone is 1. The zero-order valence-corrected chi connectivity index (χ0v) is 19.5. The van der Waals surface area contributed by atoms with Gasteiger partial charge in [0, 0.05) is 43.8 Å². The van der Waals surface area contributed by atoms with Gasteiger partial charge >= 0.3 is 5.97 Å². The molecule has 4 fully saturated rings. The predicted octanol–water partition coefficient (Wildman–Crippen LogP) is 4.82. The average molecular weight is 423 g/mol. The summed E-state index contributed by atoms with van der Waals surface area (Å²) >= 11 is 0. The average Bonchev–Trinajstić information content (AvgIpc) is 3.00. The topological polar surface area (TPSA) is 32.8 Å². The van der Waals surface area contributed by atoms with Gasteiger partial charge in [-0.25, -0.2) is 0 Å². The van der Waals surface area contributed by atoms with Crippen LogP contribution in [-0.2, 0) is 9.53 Å². The highest BCUT2D eigenvalue weighted by molar-refractivity contribution is 5.75. The fraction of sp³-hybridized carbons (Fsp3) is 0.667. The second kappa shape index (κ2) is 7.95. The molecule has 2 saturated carbocycles. The number of benzene rings is 1. The standard InChI is InChI=1S/C27H38N2O2/c1-18-7-5-9-21(13-18)29-12-11-28(16-20(29)3)17-23-22-14-24-19(2)8-6-10-27(24,4)15-25(22)31-26(23)30/h5,7,9,13,20,22-25H,2,6,8,10-12,14-17H2,1,3-4H3/t20-,22-,23-,24+,25+,27+/m0/s1. The SMILES string of the molecule is C=C1CCC[C@]2(C)C[C@H]3OC(=O)[C@@H](CN4CCN(c5cccc(C)c5)[C@@H](C)C4)[C@@H]3C[C@H]12. The van der Waals surface area contributed by atoms with Gasteiger partial charge in [-0.05, 0) is 75.0 Å². The van der Waals surface area contributed by atoms with Gasteiger partial charge in [0.1, 0.15) is 6.10 Å². The van der Waals surface area contributed by atoms with E-state index in [-0.39, 0.29) is 23.4 Å². The number of carbonyl (C=O) groups excluding carboxylic acids is 1. The van der Waals surface area contributed by atoms with E-state index in [1.165, 1.54) is 29.7 Å². The van der Waals surface area contributed by atoms with Crippen molar-refractivity contribution in [3.63, 3.8) is 0 Å². The molecular weight excluding hydrogens is 384 g/mol. The molecule has 2 aliphatic heterocycles. The molecule has 4 heteroatoms. The molecule has 0 aromatic heterocycles. The zero-order valence-electron chi connectivity index (χ0n) is 19.5. The van der Waals surface area contributed by atoms with Crippen LogP contribution in [0, 0.1) is 30.1 Å². The van der Waals surface area contributed by atoms with Gasteiger partial charge < -0.3 is 9.64 Å². The summed E-state index contributed by atoms with van der Waals surface area (Å²) < 4.78 is 5.99. The van der Waals surface area contributed by atoms with Gasteiger partial charge in [-0.2, -0.15) is 0 Å². The number of aryl methyl sites for hydroxylation is 1. The summed E-state index contributed by atoms with van der Waals surface area (Å²) in [5.41, 5.74) is 4.32. The van der Waals surface area contributed by atoms with Crippen LogP contribution in [0.1, 0.15) is 51.5 Å².